The van der Waals surface area contributed by atoms with Crippen LogP contribution in [0.15, 0.2) is 42.5 Å². The Morgan fingerprint density at radius 1 is 1.17 bits per heavy atom. The van der Waals surface area contributed by atoms with Gasteiger partial charge in [-0.1, -0.05) is 11.6 Å². The summed E-state index contributed by atoms with van der Waals surface area (Å²) in [4.78, 5) is 34.0. The lowest BCUT2D eigenvalue weighted by Gasteiger charge is -2.08. The summed E-state index contributed by atoms with van der Waals surface area (Å²) in [5, 5.41) is 13.3. The third-order valence-corrected chi connectivity index (χ3v) is 3.95. The zero-order chi connectivity index (χ0) is 21.4. The average molecular weight is 421 g/mol. The number of hydrogen-bond donors (Lipinski definition) is 1. The van der Waals surface area contributed by atoms with E-state index in [2.05, 4.69) is 5.32 Å². The van der Waals surface area contributed by atoms with Crippen molar-refractivity contribution < 1.29 is 28.7 Å². The van der Waals surface area contributed by atoms with Crippen molar-refractivity contribution in [1.82, 2.24) is 0 Å². The van der Waals surface area contributed by atoms with E-state index in [0.29, 0.717) is 17.1 Å². The van der Waals surface area contributed by atoms with Gasteiger partial charge in [-0.3, -0.25) is 14.9 Å². The number of nitrogens with zero attached hydrogens (tertiary/aromatic N) is 1. The number of methoxy groups -OCH3 is 2. The molecule has 0 unspecified atom stereocenters. The molecule has 0 saturated carbocycles. The van der Waals surface area contributed by atoms with Crippen LogP contribution in [-0.4, -0.2) is 37.6 Å². The summed E-state index contributed by atoms with van der Waals surface area (Å²) in [6.07, 6.45) is 2.59. The highest BCUT2D eigenvalue weighted by Gasteiger charge is 2.13. The van der Waals surface area contributed by atoms with Gasteiger partial charge >= 0.3 is 5.97 Å². The summed E-state index contributed by atoms with van der Waals surface area (Å²) in [5.41, 5.74) is 0.382. The first-order chi connectivity index (χ1) is 13.8. The van der Waals surface area contributed by atoms with Crippen LogP contribution in [0, 0.1) is 10.1 Å². The highest BCUT2D eigenvalue weighted by Crippen LogP contribution is 2.27. The number of carbonyl (C=O) groups is 2. The van der Waals surface area contributed by atoms with E-state index in [-0.39, 0.29) is 16.4 Å². The van der Waals surface area contributed by atoms with Crippen molar-refractivity contribution in [2.45, 2.75) is 0 Å². The zero-order valence-corrected chi connectivity index (χ0v) is 16.3. The zero-order valence-electron chi connectivity index (χ0n) is 15.5. The first-order valence-corrected chi connectivity index (χ1v) is 8.52. The predicted octanol–water partition coefficient (Wildman–Crippen LogP) is 3.46. The average Bonchev–Trinajstić information content (AvgIpc) is 2.71. The Hall–Kier alpha value is -3.59. The maximum atomic E-state index is 11.9. The van der Waals surface area contributed by atoms with E-state index in [1.807, 2.05) is 0 Å². The number of esters is 1. The molecule has 0 radical (unpaired) electrons. The van der Waals surface area contributed by atoms with Gasteiger partial charge in [0.05, 0.1) is 29.9 Å². The third kappa shape index (κ3) is 6.22. The Labute approximate surface area is 171 Å². The van der Waals surface area contributed by atoms with E-state index < -0.39 is 23.4 Å². The topological polar surface area (TPSA) is 117 Å². The third-order valence-electron chi connectivity index (χ3n) is 3.62. The van der Waals surface area contributed by atoms with E-state index in [9.17, 15) is 19.7 Å². The number of nitro benzene ring substituents is 1. The molecule has 2 aromatic carbocycles. The van der Waals surface area contributed by atoms with Crippen LogP contribution in [0.5, 0.6) is 11.5 Å². The summed E-state index contributed by atoms with van der Waals surface area (Å²) in [6, 6.07) is 8.65. The highest BCUT2D eigenvalue weighted by molar-refractivity contribution is 6.33. The van der Waals surface area contributed by atoms with Crippen molar-refractivity contribution in [3.63, 3.8) is 0 Å². The Morgan fingerprint density at radius 2 is 1.93 bits per heavy atom. The number of nitro groups is 1. The molecule has 0 aliphatic carbocycles. The van der Waals surface area contributed by atoms with Crippen LogP contribution in [-0.2, 0) is 14.3 Å². The van der Waals surface area contributed by atoms with Gasteiger partial charge in [-0.25, -0.2) is 4.79 Å². The molecule has 0 bridgehead atoms. The second-order valence-corrected chi connectivity index (χ2v) is 5.93. The molecule has 0 heterocycles. The second-order valence-electron chi connectivity index (χ2n) is 5.52. The Balaban J connectivity index is 1.96. The molecule has 0 aromatic heterocycles. The van der Waals surface area contributed by atoms with Gasteiger partial charge in [0.15, 0.2) is 6.61 Å². The summed E-state index contributed by atoms with van der Waals surface area (Å²) < 4.78 is 15.2. The summed E-state index contributed by atoms with van der Waals surface area (Å²) in [5.74, 6) is -0.372. The van der Waals surface area contributed by atoms with Crippen LogP contribution in [0.2, 0.25) is 5.02 Å². The van der Waals surface area contributed by atoms with Gasteiger partial charge in [-0.15, -0.1) is 0 Å². The van der Waals surface area contributed by atoms with Gasteiger partial charge in [-0.2, -0.15) is 0 Å². The van der Waals surface area contributed by atoms with Crippen molar-refractivity contribution in [3.8, 4) is 11.5 Å². The molecule has 9 nitrogen and oxygen atoms in total. The molecule has 29 heavy (non-hydrogen) atoms. The Kier molecular flexibility index (Phi) is 7.55. The summed E-state index contributed by atoms with van der Waals surface area (Å²) in [6.45, 7) is -0.600. The predicted molar refractivity (Wildman–Crippen MR) is 106 cm³/mol. The van der Waals surface area contributed by atoms with E-state index in [4.69, 9.17) is 25.8 Å². The fourth-order valence-corrected chi connectivity index (χ4v) is 2.39. The Morgan fingerprint density at radius 3 is 2.59 bits per heavy atom. The molecule has 152 valence electrons. The Bertz CT molecular complexity index is 960. The molecular formula is C19H17ClN2O7. The monoisotopic (exact) mass is 420 g/mol. The molecule has 0 aliphatic heterocycles. The standard InChI is InChI=1S/C19H17ClN2O7/c1-27-14-5-7-17(28-2)12(9-14)3-8-19(24)29-11-18(23)21-16-10-13(22(25)26)4-6-15(16)20/h3-10H,11H2,1-2H3,(H,21,23)/b8-3+. The molecular weight excluding hydrogens is 404 g/mol. The number of amides is 1. The minimum absolute atomic E-state index is 0.0403. The number of benzene rings is 2. The number of hydrogen-bond acceptors (Lipinski definition) is 7. The smallest absolute Gasteiger partial charge is 0.331 e. The minimum Gasteiger partial charge on any atom is -0.497 e. The van der Waals surface area contributed by atoms with Crippen LogP contribution < -0.4 is 14.8 Å². The molecule has 0 spiro atoms. The molecule has 0 atom stereocenters. The summed E-state index contributed by atoms with van der Waals surface area (Å²) in [7, 11) is 3.00. The minimum atomic E-state index is -0.768. The van der Waals surface area contributed by atoms with Gasteiger partial charge in [0.1, 0.15) is 11.5 Å². The molecule has 2 aromatic rings. The number of non-ortho nitro benzene ring substituents is 1. The van der Waals surface area contributed by atoms with E-state index in [1.165, 1.54) is 32.4 Å². The molecule has 1 amide bonds. The van der Waals surface area contributed by atoms with Gasteiger partial charge in [0.2, 0.25) is 0 Å². The van der Waals surface area contributed by atoms with Gasteiger partial charge in [0.25, 0.3) is 11.6 Å². The maximum absolute atomic E-state index is 11.9. The maximum Gasteiger partial charge on any atom is 0.331 e. The number of carbonyl (C=O) groups excluding carboxylic acids is 2. The van der Waals surface area contributed by atoms with Crippen LogP contribution in [0.3, 0.4) is 0 Å². The van der Waals surface area contributed by atoms with Crippen LogP contribution in [0.1, 0.15) is 5.56 Å². The normalized spacial score (nSPS) is 10.4. The van der Waals surface area contributed by atoms with Crippen molar-refractivity contribution in [1.29, 1.82) is 0 Å². The van der Waals surface area contributed by atoms with Crippen LogP contribution in [0.4, 0.5) is 11.4 Å². The van der Waals surface area contributed by atoms with E-state index >= 15 is 0 Å². The fraction of sp³-hybridized carbons (Fsp3) is 0.158. The quantitative estimate of drug-likeness (QED) is 0.301. The molecule has 10 heteroatoms. The van der Waals surface area contributed by atoms with E-state index in [0.717, 1.165) is 12.1 Å². The molecule has 0 aliphatic rings. The first kappa shape index (κ1) is 21.7. The molecule has 0 saturated heterocycles. The number of halogens is 1. The number of anilines is 1. The van der Waals surface area contributed by atoms with Crippen LogP contribution in [0.25, 0.3) is 6.08 Å². The lowest BCUT2D eigenvalue weighted by atomic mass is 10.1. The largest absolute Gasteiger partial charge is 0.497 e. The van der Waals surface area contributed by atoms with E-state index in [1.54, 1.807) is 18.2 Å². The number of nitrogens with one attached hydrogen (secondary N) is 1. The summed E-state index contributed by atoms with van der Waals surface area (Å²) >= 11 is 5.90. The van der Waals surface area contributed by atoms with Crippen LogP contribution >= 0.6 is 11.6 Å². The fourth-order valence-electron chi connectivity index (χ4n) is 2.22. The molecule has 1 N–H and O–H groups in total. The SMILES string of the molecule is COc1ccc(OC)c(/C=C/C(=O)OCC(=O)Nc2cc([N+](=O)[O-])ccc2Cl)c1. The van der Waals surface area contributed by atoms with Gasteiger partial charge in [-0.05, 0) is 30.3 Å². The number of ether oxygens (including phenoxy) is 3. The first-order valence-electron chi connectivity index (χ1n) is 8.14. The van der Waals surface area contributed by atoms with Crippen molar-refractivity contribution in [2.75, 3.05) is 26.1 Å². The molecule has 0 fully saturated rings. The number of rotatable bonds is 8. The van der Waals surface area contributed by atoms with Gasteiger partial charge < -0.3 is 19.5 Å². The second kappa shape index (κ2) is 10.1. The van der Waals surface area contributed by atoms with Gasteiger partial charge in [0, 0.05) is 23.8 Å². The highest BCUT2D eigenvalue weighted by atomic mass is 35.5. The van der Waals surface area contributed by atoms with Crippen molar-refractivity contribution in [3.05, 3.63) is 63.2 Å². The lowest BCUT2D eigenvalue weighted by molar-refractivity contribution is -0.384. The lowest BCUT2D eigenvalue weighted by Crippen LogP contribution is -2.20. The van der Waals surface area contributed by atoms with Crippen molar-refractivity contribution >= 4 is 40.9 Å². The van der Waals surface area contributed by atoms with Crippen molar-refractivity contribution in [2.24, 2.45) is 0 Å². The molecule has 2 rings (SSSR count).